The van der Waals surface area contributed by atoms with E-state index in [1.54, 1.807) is 13.1 Å². The van der Waals surface area contributed by atoms with Crippen LogP contribution in [-0.2, 0) is 7.05 Å². The number of rotatable bonds is 2. The molecule has 0 aliphatic rings. The summed E-state index contributed by atoms with van der Waals surface area (Å²) in [6, 6.07) is 14.8. The largest absolute Gasteiger partial charge is 0.322 e. The van der Waals surface area contributed by atoms with E-state index in [0.29, 0.717) is 5.69 Å². The second kappa shape index (κ2) is 5.72. The fourth-order valence-electron chi connectivity index (χ4n) is 2.60. The summed E-state index contributed by atoms with van der Waals surface area (Å²) in [5.74, 6) is -0.389. The summed E-state index contributed by atoms with van der Waals surface area (Å²) in [6.07, 6.45) is 0. The summed E-state index contributed by atoms with van der Waals surface area (Å²) < 4.78 is 1.50. The van der Waals surface area contributed by atoms with E-state index in [-0.39, 0.29) is 17.0 Å². The predicted molar refractivity (Wildman–Crippen MR) is 93.1 cm³/mol. The standard InChI is InChI=1S/C19H18N2O2/c1-12-8-9-15(10-13(12)2)20-18(22)16-11-14-6-4-5-7-17(14)21(3)19(16)23/h4-11H,1-3H3,(H,20,22). The average Bonchev–Trinajstić information content (AvgIpc) is 2.54. The molecule has 3 rings (SSSR count). The topological polar surface area (TPSA) is 51.1 Å². The molecule has 3 aromatic rings. The molecule has 1 N–H and O–H groups in total. The van der Waals surface area contributed by atoms with E-state index in [9.17, 15) is 9.59 Å². The number of pyridine rings is 1. The summed E-state index contributed by atoms with van der Waals surface area (Å²) >= 11 is 0. The number of anilines is 1. The lowest BCUT2D eigenvalue weighted by molar-refractivity contribution is 0.102. The molecule has 116 valence electrons. The Kier molecular flexibility index (Phi) is 3.74. The van der Waals surface area contributed by atoms with Crippen LogP contribution in [0.15, 0.2) is 53.3 Å². The van der Waals surface area contributed by atoms with Crippen molar-refractivity contribution in [1.29, 1.82) is 0 Å². The third-order valence-corrected chi connectivity index (χ3v) is 4.14. The number of aromatic nitrogens is 1. The molecule has 0 atom stereocenters. The fraction of sp³-hybridized carbons (Fsp3) is 0.158. The normalized spacial score (nSPS) is 10.7. The molecule has 0 aliphatic heterocycles. The van der Waals surface area contributed by atoms with Crippen molar-refractivity contribution in [2.45, 2.75) is 13.8 Å². The van der Waals surface area contributed by atoms with E-state index in [0.717, 1.165) is 22.0 Å². The summed E-state index contributed by atoms with van der Waals surface area (Å²) in [5.41, 5.74) is 3.59. The molecule has 0 saturated carbocycles. The Morgan fingerprint density at radius 2 is 1.74 bits per heavy atom. The van der Waals surface area contributed by atoms with Crippen LogP contribution in [0.4, 0.5) is 5.69 Å². The fourth-order valence-corrected chi connectivity index (χ4v) is 2.60. The van der Waals surface area contributed by atoms with Crippen molar-refractivity contribution in [3.63, 3.8) is 0 Å². The highest BCUT2D eigenvalue weighted by Gasteiger charge is 2.14. The molecule has 0 radical (unpaired) electrons. The first-order chi connectivity index (χ1) is 11.0. The maximum absolute atomic E-state index is 12.5. The van der Waals surface area contributed by atoms with Gasteiger partial charge in [-0.15, -0.1) is 0 Å². The number of carbonyl (C=O) groups excluding carboxylic acids is 1. The van der Waals surface area contributed by atoms with Gasteiger partial charge in [0.25, 0.3) is 11.5 Å². The van der Waals surface area contributed by atoms with E-state index >= 15 is 0 Å². The van der Waals surface area contributed by atoms with Crippen molar-refractivity contribution < 1.29 is 4.79 Å². The van der Waals surface area contributed by atoms with Crippen LogP contribution in [0.25, 0.3) is 10.9 Å². The van der Waals surface area contributed by atoms with E-state index in [4.69, 9.17) is 0 Å². The van der Waals surface area contributed by atoms with Crippen LogP contribution < -0.4 is 10.9 Å². The molecule has 23 heavy (non-hydrogen) atoms. The van der Waals surface area contributed by atoms with Gasteiger partial charge >= 0.3 is 0 Å². The van der Waals surface area contributed by atoms with Gasteiger partial charge in [0.2, 0.25) is 0 Å². The molecule has 0 aliphatic carbocycles. The van der Waals surface area contributed by atoms with Gasteiger partial charge in [-0.25, -0.2) is 0 Å². The monoisotopic (exact) mass is 306 g/mol. The number of hydrogen-bond acceptors (Lipinski definition) is 2. The van der Waals surface area contributed by atoms with Gasteiger partial charge in [-0.1, -0.05) is 24.3 Å². The van der Waals surface area contributed by atoms with Crippen LogP contribution in [0, 0.1) is 13.8 Å². The minimum atomic E-state index is -0.389. The Morgan fingerprint density at radius 3 is 2.48 bits per heavy atom. The smallest absolute Gasteiger partial charge is 0.263 e. The Bertz CT molecular complexity index is 971. The Hall–Kier alpha value is -2.88. The third kappa shape index (κ3) is 2.75. The van der Waals surface area contributed by atoms with Gasteiger partial charge < -0.3 is 9.88 Å². The summed E-state index contributed by atoms with van der Waals surface area (Å²) in [4.78, 5) is 24.9. The van der Waals surface area contributed by atoms with Crippen LogP contribution in [0.1, 0.15) is 21.5 Å². The summed E-state index contributed by atoms with van der Waals surface area (Å²) in [7, 11) is 1.68. The Morgan fingerprint density at radius 1 is 1.00 bits per heavy atom. The molecule has 2 aromatic carbocycles. The Labute approximate surface area is 134 Å². The van der Waals surface area contributed by atoms with Gasteiger partial charge in [0, 0.05) is 12.7 Å². The second-order valence-corrected chi connectivity index (χ2v) is 5.73. The molecule has 0 fully saturated rings. The first-order valence-corrected chi connectivity index (χ1v) is 7.45. The molecule has 0 spiro atoms. The lowest BCUT2D eigenvalue weighted by Crippen LogP contribution is -2.27. The van der Waals surface area contributed by atoms with Crippen molar-refractivity contribution in [3.8, 4) is 0 Å². The molecule has 1 amide bonds. The zero-order valence-corrected chi connectivity index (χ0v) is 13.4. The first kappa shape index (κ1) is 15.0. The first-order valence-electron chi connectivity index (χ1n) is 7.45. The molecule has 1 aromatic heterocycles. The number of para-hydroxylation sites is 1. The van der Waals surface area contributed by atoms with Crippen molar-refractivity contribution in [1.82, 2.24) is 4.57 Å². The van der Waals surface area contributed by atoms with Gasteiger partial charge in [0.15, 0.2) is 0 Å². The van der Waals surface area contributed by atoms with E-state index < -0.39 is 0 Å². The number of nitrogens with one attached hydrogen (secondary N) is 1. The van der Waals surface area contributed by atoms with Gasteiger partial charge in [-0.2, -0.15) is 0 Å². The number of benzene rings is 2. The SMILES string of the molecule is Cc1ccc(NC(=O)c2cc3ccccc3n(C)c2=O)cc1C. The molecule has 0 bridgehead atoms. The van der Waals surface area contributed by atoms with Crippen molar-refractivity contribution in [3.05, 3.63) is 75.6 Å². The minimum Gasteiger partial charge on any atom is -0.322 e. The number of nitrogens with zero attached hydrogens (tertiary/aromatic N) is 1. The van der Waals surface area contributed by atoms with Gasteiger partial charge in [-0.05, 0) is 54.6 Å². The molecule has 0 saturated heterocycles. The average molecular weight is 306 g/mol. The predicted octanol–water partition coefficient (Wildman–Crippen LogP) is 3.41. The van der Waals surface area contributed by atoms with Gasteiger partial charge in [-0.3, -0.25) is 9.59 Å². The maximum atomic E-state index is 12.5. The third-order valence-electron chi connectivity index (χ3n) is 4.14. The number of carbonyl (C=O) groups is 1. The molecule has 0 unspecified atom stereocenters. The number of hydrogen-bond donors (Lipinski definition) is 1. The zero-order chi connectivity index (χ0) is 16.6. The highest BCUT2D eigenvalue weighted by atomic mass is 16.2. The Balaban J connectivity index is 2.02. The highest BCUT2D eigenvalue weighted by Crippen LogP contribution is 2.16. The number of aryl methyl sites for hydroxylation is 3. The van der Waals surface area contributed by atoms with E-state index in [1.807, 2.05) is 56.3 Å². The molecule has 4 heteroatoms. The van der Waals surface area contributed by atoms with E-state index in [1.165, 1.54) is 4.57 Å². The second-order valence-electron chi connectivity index (χ2n) is 5.73. The van der Waals surface area contributed by atoms with Crippen LogP contribution in [0.2, 0.25) is 0 Å². The van der Waals surface area contributed by atoms with Crippen LogP contribution in [0.5, 0.6) is 0 Å². The number of fused-ring (bicyclic) bond motifs is 1. The van der Waals surface area contributed by atoms with Crippen LogP contribution >= 0.6 is 0 Å². The van der Waals surface area contributed by atoms with Gasteiger partial charge in [0.1, 0.15) is 5.56 Å². The maximum Gasteiger partial charge on any atom is 0.263 e. The lowest BCUT2D eigenvalue weighted by atomic mass is 10.1. The zero-order valence-electron chi connectivity index (χ0n) is 13.4. The summed E-state index contributed by atoms with van der Waals surface area (Å²) in [5, 5.41) is 3.67. The van der Waals surface area contributed by atoms with Crippen molar-refractivity contribution in [2.75, 3.05) is 5.32 Å². The van der Waals surface area contributed by atoms with Crippen molar-refractivity contribution in [2.24, 2.45) is 7.05 Å². The minimum absolute atomic E-state index is 0.143. The number of amides is 1. The molecule has 4 nitrogen and oxygen atoms in total. The van der Waals surface area contributed by atoms with Crippen LogP contribution in [-0.4, -0.2) is 10.5 Å². The lowest BCUT2D eigenvalue weighted by Gasteiger charge is -2.10. The molecular formula is C19H18N2O2. The quantitative estimate of drug-likeness (QED) is 0.789. The molecular weight excluding hydrogens is 288 g/mol. The summed E-state index contributed by atoms with van der Waals surface area (Å²) in [6.45, 7) is 4.00. The van der Waals surface area contributed by atoms with Gasteiger partial charge in [0.05, 0.1) is 5.52 Å². The van der Waals surface area contributed by atoms with Crippen molar-refractivity contribution >= 4 is 22.5 Å². The molecule has 1 heterocycles. The highest BCUT2D eigenvalue weighted by molar-refractivity contribution is 6.05. The van der Waals surface area contributed by atoms with Crippen LogP contribution in [0.3, 0.4) is 0 Å². The van der Waals surface area contributed by atoms with E-state index in [2.05, 4.69) is 5.32 Å².